The fraction of sp³-hybridized carbons (Fsp3) is 0.125. The van der Waals surface area contributed by atoms with Gasteiger partial charge in [0.25, 0.3) is 0 Å². The molecule has 0 spiro atoms. The molecule has 57 valence electrons. The van der Waals surface area contributed by atoms with Gasteiger partial charge in [-0.15, -0.1) is 0 Å². The van der Waals surface area contributed by atoms with E-state index in [2.05, 4.69) is 17.5 Å². The smallest absolute Gasteiger partial charge is 0.190 e. The van der Waals surface area contributed by atoms with Crippen LogP contribution in [0.15, 0.2) is 24.3 Å². The Labute approximate surface area is 71.4 Å². The number of thiocarbonyl (C=S) groups is 1. The third-order valence-electron chi connectivity index (χ3n) is 1.24. The predicted octanol–water partition coefficient (Wildman–Crippen LogP) is 1.47. The van der Waals surface area contributed by atoms with Gasteiger partial charge in [-0.1, -0.05) is 12.1 Å². The van der Waals surface area contributed by atoms with Crippen LogP contribution in [0.5, 0.6) is 0 Å². The first-order chi connectivity index (χ1) is 5.18. The van der Waals surface area contributed by atoms with Crippen LogP contribution < -0.4 is 11.1 Å². The molecule has 1 rings (SSSR count). The summed E-state index contributed by atoms with van der Waals surface area (Å²) in [6, 6.07) is 7.72. The highest BCUT2D eigenvalue weighted by molar-refractivity contribution is 7.80. The van der Waals surface area contributed by atoms with Gasteiger partial charge < -0.3 is 5.73 Å². The third kappa shape index (κ3) is 2.55. The summed E-state index contributed by atoms with van der Waals surface area (Å²) in [5, 5.41) is 4.11. The van der Waals surface area contributed by atoms with Crippen LogP contribution in [0, 0.1) is 6.92 Å². The van der Waals surface area contributed by atoms with Gasteiger partial charge in [0.1, 0.15) is 0 Å². The molecule has 0 heterocycles. The predicted molar refractivity (Wildman–Crippen MR) is 49.8 cm³/mol. The number of aryl methyl sites for hydroxylation is 1. The minimum absolute atomic E-state index is 0.176. The molecular formula is C8H9N2S. The van der Waals surface area contributed by atoms with Gasteiger partial charge in [-0.05, 0) is 36.8 Å². The molecule has 0 aliphatic carbocycles. The maximum atomic E-state index is 5.24. The lowest BCUT2D eigenvalue weighted by molar-refractivity contribution is 1.25. The highest BCUT2D eigenvalue weighted by atomic mass is 32.1. The lowest BCUT2D eigenvalue weighted by Crippen LogP contribution is -2.17. The second-order valence-electron chi connectivity index (χ2n) is 2.29. The Morgan fingerprint density at radius 2 is 2.27 bits per heavy atom. The monoisotopic (exact) mass is 165 g/mol. The lowest BCUT2D eigenvalue weighted by Gasteiger charge is -1.99. The number of benzene rings is 1. The second kappa shape index (κ2) is 3.34. The van der Waals surface area contributed by atoms with E-state index in [1.165, 1.54) is 0 Å². The van der Waals surface area contributed by atoms with Crippen molar-refractivity contribution in [2.45, 2.75) is 6.92 Å². The topological polar surface area (TPSA) is 40.1 Å². The summed E-state index contributed by atoms with van der Waals surface area (Å²) in [6.45, 7) is 2.00. The minimum atomic E-state index is 0.176. The zero-order valence-corrected chi connectivity index (χ0v) is 7.06. The van der Waals surface area contributed by atoms with Crippen LogP contribution in [-0.4, -0.2) is 5.11 Å². The number of nitrogens with zero attached hydrogens (tertiary/aromatic N) is 1. The van der Waals surface area contributed by atoms with E-state index in [4.69, 9.17) is 5.73 Å². The van der Waals surface area contributed by atoms with Crippen LogP contribution in [-0.2, 0) is 0 Å². The van der Waals surface area contributed by atoms with Crippen molar-refractivity contribution in [3.05, 3.63) is 29.8 Å². The maximum absolute atomic E-state index is 5.24. The molecule has 2 nitrogen and oxygen atoms in total. The van der Waals surface area contributed by atoms with E-state index in [1.54, 1.807) is 0 Å². The summed E-state index contributed by atoms with van der Waals surface area (Å²) in [5.74, 6) is 0. The van der Waals surface area contributed by atoms with Crippen molar-refractivity contribution >= 4 is 23.0 Å². The summed E-state index contributed by atoms with van der Waals surface area (Å²) in [6.07, 6.45) is 0. The summed E-state index contributed by atoms with van der Waals surface area (Å²) < 4.78 is 0. The number of rotatable bonds is 1. The van der Waals surface area contributed by atoms with E-state index in [0.29, 0.717) is 0 Å². The van der Waals surface area contributed by atoms with E-state index in [1.807, 2.05) is 31.2 Å². The van der Waals surface area contributed by atoms with E-state index < -0.39 is 0 Å². The van der Waals surface area contributed by atoms with Crippen molar-refractivity contribution in [2.24, 2.45) is 5.73 Å². The molecule has 11 heavy (non-hydrogen) atoms. The fourth-order valence-corrected chi connectivity index (χ4v) is 0.930. The van der Waals surface area contributed by atoms with E-state index in [0.717, 1.165) is 11.3 Å². The van der Waals surface area contributed by atoms with Gasteiger partial charge in [0, 0.05) is 0 Å². The van der Waals surface area contributed by atoms with Crippen LogP contribution in [0.3, 0.4) is 0 Å². The van der Waals surface area contributed by atoms with E-state index in [9.17, 15) is 0 Å². The Balaban J connectivity index is 2.79. The first kappa shape index (κ1) is 8.01. The molecular weight excluding hydrogens is 156 g/mol. The molecule has 0 aliphatic rings. The van der Waals surface area contributed by atoms with Crippen molar-refractivity contribution < 1.29 is 0 Å². The van der Waals surface area contributed by atoms with Crippen molar-refractivity contribution in [1.82, 2.24) is 5.32 Å². The molecule has 1 radical (unpaired) electrons. The van der Waals surface area contributed by atoms with Crippen molar-refractivity contribution in [2.75, 3.05) is 0 Å². The third-order valence-corrected chi connectivity index (χ3v) is 1.33. The van der Waals surface area contributed by atoms with E-state index in [-0.39, 0.29) is 5.11 Å². The Morgan fingerprint density at radius 3 is 2.82 bits per heavy atom. The average Bonchev–Trinajstić information content (AvgIpc) is 1.85. The van der Waals surface area contributed by atoms with E-state index >= 15 is 0 Å². The Kier molecular flexibility index (Phi) is 2.44. The quantitative estimate of drug-likeness (QED) is 0.640. The summed E-state index contributed by atoms with van der Waals surface area (Å²) in [7, 11) is 0. The Morgan fingerprint density at radius 1 is 1.55 bits per heavy atom. The Hall–Kier alpha value is -1.09. The number of nitrogens with two attached hydrogens (primary N) is 1. The fourth-order valence-electron chi connectivity index (χ4n) is 0.825. The van der Waals surface area contributed by atoms with Crippen LogP contribution in [0.25, 0.3) is 0 Å². The molecule has 0 aromatic heterocycles. The van der Waals surface area contributed by atoms with Gasteiger partial charge >= 0.3 is 0 Å². The number of hydrogen-bond acceptors (Lipinski definition) is 1. The zero-order valence-electron chi connectivity index (χ0n) is 6.24. The Bertz CT molecular complexity index is 271. The first-order valence-electron chi connectivity index (χ1n) is 3.26. The van der Waals surface area contributed by atoms with Gasteiger partial charge in [-0.3, -0.25) is 0 Å². The van der Waals surface area contributed by atoms with Crippen LogP contribution in [0.2, 0.25) is 0 Å². The molecule has 0 aliphatic heterocycles. The van der Waals surface area contributed by atoms with Crippen molar-refractivity contribution in [1.29, 1.82) is 0 Å². The standard InChI is InChI=1S/C8H9N2S/c1-6-3-2-4-7(5-6)10-8(9)11/h2-5H,1H3,(H2,9,11). The molecule has 0 unspecified atom stereocenters. The van der Waals surface area contributed by atoms with Crippen LogP contribution >= 0.6 is 12.2 Å². The summed E-state index contributed by atoms with van der Waals surface area (Å²) >= 11 is 4.63. The van der Waals surface area contributed by atoms with Crippen molar-refractivity contribution in [3.63, 3.8) is 0 Å². The SMILES string of the molecule is Cc1cccc([N]C(N)=S)c1. The molecule has 0 amide bonds. The number of hydrogen-bond donors (Lipinski definition) is 1. The molecule has 2 N–H and O–H groups in total. The summed E-state index contributed by atoms with van der Waals surface area (Å²) in [4.78, 5) is 0. The highest BCUT2D eigenvalue weighted by Gasteiger charge is 1.93. The van der Waals surface area contributed by atoms with Gasteiger partial charge in [-0.25, -0.2) is 5.32 Å². The van der Waals surface area contributed by atoms with Gasteiger partial charge in [0.15, 0.2) is 5.11 Å². The average molecular weight is 165 g/mol. The lowest BCUT2D eigenvalue weighted by atomic mass is 10.2. The largest absolute Gasteiger partial charge is 0.374 e. The molecule has 0 bridgehead atoms. The van der Waals surface area contributed by atoms with Crippen LogP contribution in [0.1, 0.15) is 5.56 Å². The molecule has 1 aromatic rings. The summed E-state index contributed by atoms with van der Waals surface area (Å²) in [5.41, 5.74) is 7.21. The van der Waals surface area contributed by atoms with Crippen molar-refractivity contribution in [3.8, 4) is 0 Å². The van der Waals surface area contributed by atoms with Gasteiger partial charge in [0.05, 0.1) is 5.69 Å². The normalized spacial score (nSPS) is 9.18. The first-order valence-corrected chi connectivity index (χ1v) is 3.67. The highest BCUT2D eigenvalue weighted by Crippen LogP contribution is 2.08. The van der Waals surface area contributed by atoms with Gasteiger partial charge in [0.2, 0.25) is 0 Å². The van der Waals surface area contributed by atoms with Crippen LogP contribution in [0.4, 0.5) is 5.69 Å². The molecule has 0 saturated carbocycles. The molecule has 3 heteroatoms. The van der Waals surface area contributed by atoms with Gasteiger partial charge in [-0.2, -0.15) is 0 Å². The molecule has 1 aromatic carbocycles. The molecule has 0 saturated heterocycles. The molecule has 0 atom stereocenters. The zero-order chi connectivity index (χ0) is 8.27. The second-order valence-corrected chi connectivity index (χ2v) is 2.71. The maximum Gasteiger partial charge on any atom is 0.190 e. The minimum Gasteiger partial charge on any atom is -0.374 e. The molecule has 0 fully saturated rings.